The second kappa shape index (κ2) is 9.00. The highest BCUT2D eigenvalue weighted by atomic mass is 15.1. The molecule has 1 aliphatic heterocycles. The Morgan fingerprint density at radius 1 is 1.12 bits per heavy atom. The van der Waals surface area contributed by atoms with Crippen LogP contribution in [-0.4, -0.2) is 37.6 Å². The Kier molecular flexibility index (Phi) is 7.87. The van der Waals surface area contributed by atoms with Crippen LogP contribution in [0.5, 0.6) is 0 Å². The van der Waals surface area contributed by atoms with E-state index in [1.807, 2.05) is 0 Å². The smallest absolute Gasteiger partial charge is 0.00161 e. The summed E-state index contributed by atoms with van der Waals surface area (Å²) >= 11 is 0. The van der Waals surface area contributed by atoms with Crippen LogP contribution < -0.4 is 5.32 Å². The molecule has 0 amide bonds. The summed E-state index contributed by atoms with van der Waals surface area (Å²) in [5.74, 6) is 1.01. The third-order valence-electron chi connectivity index (χ3n) is 3.85. The van der Waals surface area contributed by atoms with Crippen LogP contribution in [0.2, 0.25) is 0 Å². The van der Waals surface area contributed by atoms with Gasteiger partial charge in [0.15, 0.2) is 0 Å². The van der Waals surface area contributed by atoms with Crippen molar-refractivity contribution in [3.05, 3.63) is 0 Å². The molecule has 0 saturated carbocycles. The minimum atomic E-state index is 1.01. The second-order valence-electron chi connectivity index (χ2n) is 5.11. The molecule has 0 aliphatic carbocycles. The van der Waals surface area contributed by atoms with Gasteiger partial charge in [-0.2, -0.15) is 0 Å². The van der Waals surface area contributed by atoms with E-state index < -0.39 is 0 Å². The first kappa shape index (κ1) is 14.0. The predicted octanol–water partition coefficient (Wildman–Crippen LogP) is 2.89. The van der Waals surface area contributed by atoms with E-state index in [1.54, 1.807) is 0 Å². The summed E-state index contributed by atoms with van der Waals surface area (Å²) in [5.41, 5.74) is 0. The van der Waals surface area contributed by atoms with Crippen LogP contribution >= 0.6 is 0 Å². The molecule has 1 fully saturated rings. The molecular formula is C14H30N2. The van der Waals surface area contributed by atoms with Crippen LogP contribution in [0.15, 0.2) is 0 Å². The number of unbranched alkanes of at least 4 members (excludes halogenated alkanes) is 1. The van der Waals surface area contributed by atoms with Crippen molar-refractivity contribution in [3.63, 3.8) is 0 Å². The van der Waals surface area contributed by atoms with Crippen molar-refractivity contribution in [1.29, 1.82) is 0 Å². The highest BCUT2D eigenvalue weighted by molar-refractivity contribution is 4.69. The van der Waals surface area contributed by atoms with Gasteiger partial charge in [0.25, 0.3) is 0 Å². The molecular weight excluding hydrogens is 196 g/mol. The molecule has 1 N–H and O–H groups in total. The van der Waals surface area contributed by atoms with Gasteiger partial charge in [0.2, 0.25) is 0 Å². The summed E-state index contributed by atoms with van der Waals surface area (Å²) in [6.45, 7) is 10.8. The Balaban J connectivity index is 2.03. The lowest BCUT2D eigenvalue weighted by Crippen LogP contribution is -2.26. The van der Waals surface area contributed by atoms with Crippen molar-refractivity contribution in [1.82, 2.24) is 10.2 Å². The molecule has 0 aromatic heterocycles. The molecule has 0 bridgehead atoms. The van der Waals surface area contributed by atoms with Crippen LogP contribution in [-0.2, 0) is 0 Å². The fraction of sp³-hybridized carbons (Fsp3) is 1.00. The third kappa shape index (κ3) is 5.86. The maximum atomic E-state index is 3.40. The Hall–Kier alpha value is -0.0800. The summed E-state index contributed by atoms with van der Waals surface area (Å²) in [4.78, 5) is 2.68. The third-order valence-corrected chi connectivity index (χ3v) is 3.85. The largest absolute Gasteiger partial charge is 0.317 e. The van der Waals surface area contributed by atoms with E-state index in [0.717, 1.165) is 12.5 Å². The molecule has 96 valence electrons. The van der Waals surface area contributed by atoms with E-state index in [0.29, 0.717) is 0 Å². The maximum Gasteiger partial charge on any atom is -0.00161 e. The van der Waals surface area contributed by atoms with Gasteiger partial charge in [-0.05, 0) is 70.7 Å². The zero-order chi connectivity index (χ0) is 11.6. The Labute approximate surface area is 102 Å². The van der Waals surface area contributed by atoms with Crippen LogP contribution in [0.4, 0.5) is 0 Å². The Bertz CT molecular complexity index is 159. The number of nitrogens with zero attached hydrogens (tertiary/aromatic N) is 1. The van der Waals surface area contributed by atoms with E-state index in [4.69, 9.17) is 0 Å². The fourth-order valence-corrected chi connectivity index (χ4v) is 2.62. The summed E-state index contributed by atoms with van der Waals surface area (Å²) in [6.07, 6.45) is 8.40. The quantitative estimate of drug-likeness (QED) is 0.672. The molecule has 2 nitrogen and oxygen atoms in total. The standard InChI is InChI=1S/C14H30N2/c1-3-14-8-7-12-16(13-9-14)11-6-5-10-15-4-2/h14-15H,3-13H2,1-2H3. The first-order valence-electron chi connectivity index (χ1n) is 7.29. The number of hydrogen-bond donors (Lipinski definition) is 1. The summed E-state index contributed by atoms with van der Waals surface area (Å²) in [7, 11) is 0. The van der Waals surface area contributed by atoms with Crippen LogP contribution in [0.25, 0.3) is 0 Å². The zero-order valence-electron chi connectivity index (χ0n) is 11.3. The van der Waals surface area contributed by atoms with Crippen molar-refractivity contribution in [2.45, 2.75) is 52.4 Å². The highest BCUT2D eigenvalue weighted by Crippen LogP contribution is 2.20. The molecule has 2 heteroatoms. The number of hydrogen-bond acceptors (Lipinski definition) is 2. The normalized spacial score (nSPS) is 23.2. The monoisotopic (exact) mass is 226 g/mol. The molecule has 0 spiro atoms. The fourth-order valence-electron chi connectivity index (χ4n) is 2.62. The molecule has 1 unspecified atom stereocenters. The Morgan fingerprint density at radius 2 is 2.00 bits per heavy atom. The van der Waals surface area contributed by atoms with Crippen molar-refractivity contribution in [2.75, 3.05) is 32.7 Å². The van der Waals surface area contributed by atoms with E-state index >= 15 is 0 Å². The van der Waals surface area contributed by atoms with Crippen molar-refractivity contribution >= 4 is 0 Å². The molecule has 1 saturated heterocycles. The molecule has 0 aromatic carbocycles. The van der Waals surface area contributed by atoms with Gasteiger partial charge < -0.3 is 10.2 Å². The molecule has 0 radical (unpaired) electrons. The van der Waals surface area contributed by atoms with Crippen molar-refractivity contribution < 1.29 is 0 Å². The van der Waals surface area contributed by atoms with Gasteiger partial charge >= 0.3 is 0 Å². The van der Waals surface area contributed by atoms with Gasteiger partial charge in [0.1, 0.15) is 0 Å². The van der Waals surface area contributed by atoms with Gasteiger partial charge in [-0.15, -0.1) is 0 Å². The van der Waals surface area contributed by atoms with Crippen LogP contribution in [0.3, 0.4) is 0 Å². The summed E-state index contributed by atoms with van der Waals surface area (Å²) < 4.78 is 0. The van der Waals surface area contributed by atoms with Gasteiger partial charge in [0.05, 0.1) is 0 Å². The SMILES string of the molecule is CCNCCCCN1CCCC(CC)CC1. The number of rotatable bonds is 7. The first-order valence-corrected chi connectivity index (χ1v) is 7.29. The summed E-state index contributed by atoms with van der Waals surface area (Å²) in [5, 5.41) is 3.40. The number of likely N-dealkylation sites (tertiary alicyclic amines) is 1. The predicted molar refractivity (Wildman–Crippen MR) is 71.8 cm³/mol. The maximum absolute atomic E-state index is 3.40. The first-order chi connectivity index (χ1) is 7.86. The minimum Gasteiger partial charge on any atom is -0.317 e. The van der Waals surface area contributed by atoms with Gasteiger partial charge in [-0.1, -0.05) is 20.3 Å². The zero-order valence-corrected chi connectivity index (χ0v) is 11.3. The lowest BCUT2D eigenvalue weighted by molar-refractivity contribution is 0.274. The molecule has 1 heterocycles. The van der Waals surface area contributed by atoms with Crippen LogP contribution in [0.1, 0.15) is 52.4 Å². The molecule has 0 aromatic rings. The van der Waals surface area contributed by atoms with Gasteiger partial charge in [-0.25, -0.2) is 0 Å². The van der Waals surface area contributed by atoms with Gasteiger partial charge in [-0.3, -0.25) is 0 Å². The molecule has 1 atom stereocenters. The molecule has 1 rings (SSSR count). The van der Waals surface area contributed by atoms with Gasteiger partial charge in [0, 0.05) is 0 Å². The molecule has 1 aliphatic rings. The average Bonchev–Trinajstić information content (AvgIpc) is 2.54. The van der Waals surface area contributed by atoms with E-state index in [9.17, 15) is 0 Å². The van der Waals surface area contributed by atoms with Crippen molar-refractivity contribution in [3.8, 4) is 0 Å². The lowest BCUT2D eigenvalue weighted by Gasteiger charge is -2.19. The minimum absolute atomic E-state index is 1.01. The van der Waals surface area contributed by atoms with E-state index in [1.165, 1.54) is 64.7 Å². The average molecular weight is 226 g/mol. The van der Waals surface area contributed by atoms with E-state index in [2.05, 4.69) is 24.1 Å². The van der Waals surface area contributed by atoms with Crippen LogP contribution in [0, 0.1) is 5.92 Å². The topological polar surface area (TPSA) is 15.3 Å². The second-order valence-corrected chi connectivity index (χ2v) is 5.11. The van der Waals surface area contributed by atoms with Crippen molar-refractivity contribution in [2.24, 2.45) is 5.92 Å². The van der Waals surface area contributed by atoms with E-state index in [-0.39, 0.29) is 0 Å². The summed E-state index contributed by atoms with van der Waals surface area (Å²) in [6, 6.07) is 0. The highest BCUT2D eigenvalue weighted by Gasteiger charge is 2.14. The number of nitrogens with one attached hydrogen (secondary N) is 1. The molecule has 16 heavy (non-hydrogen) atoms. The Morgan fingerprint density at radius 3 is 2.75 bits per heavy atom. The lowest BCUT2D eigenvalue weighted by atomic mass is 9.98.